The lowest BCUT2D eigenvalue weighted by molar-refractivity contribution is 0.102. The Balaban J connectivity index is 2.36. The molecule has 0 radical (unpaired) electrons. The summed E-state index contributed by atoms with van der Waals surface area (Å²) in [6.07, 6.45) is 0. The van der Waals surface area contributed by atoms with Crippen molar-refractivity contribution in [1.29, 1.82) is 0 Å². The lowest BCUT2D eigenvalue weighted by Crippen LogP contribution is -2.15. The third kappa shape index (κ3) is 2.85. The molecule has 0 aliphatic heterocycles. The SMILES string of the molecule is Cc1cccc(C(=O)Nc2c(C)cc(N)cc2C)c1Br. The molecule has 0 aliphatic rings. The summed E-state index contributed by atoms with van der Waals surface area (Å²) in [5.74, 6) is -0.128. The zero-order chi connectivity index (χ0) is 14.9. The second-order valence-corrected chi connectivity index (χ2v) is 5.71. The zero-order valence-electron chi connectivity index (χ0n) is 11.8. The van der Waals surface area contributed by atoms with E-state index in [0.29, 0.717) is 11.3 Å². The molecule has 1 amide bonds. The molecule has 0 aromatic heterocycles. The molecular weight excluding hydrogens is 316 g/mol. The predicted molar refractivity (Wildman–Crippen MR) is 87.2 cm³/mol. The van der Waals surface area contributed by atoms with Gasteiger partial charge in [-0.2, -0.15) is 0 Å². The van der Waals surface area contributed by atoms with Crippen LogP contribution in [0.2, 0.25) is 0 Å². The molecule has 2 aromatic rings. The van der Waals surface area contributed by atoms with Crippen LogP contribution < -0.4 is 11.1 Å². The molecule has 3 nitrogen and oxygen atoms in total. The number of carbonyl (C=O) groups excluding carboxylic acids is 1. The third-order valence-corrected chi connectivity index (χ3v) is 4.28. The van der Waals surface area contributed by atoms with Crippen LogP contribution in [0.15, 0.2) is 34.8 Å². The molecule has 2 rings (SSSR count). The number of benzene rings is 2. The summed E-state index contributed by atoms with van der Waals surface area (Å²) in [5.41, 5.74) is 10.9. The Morgan fingerprint density at radius 3 is 2.30 bits per heavy atom. The second-order valence-electron chi connectivity index (χ2n) is 4.92. The van der Waals surface area contributed by atoms with Crippen molar-refractivity contribution in [3.05, 3.63) is 57.1 Å². The van der Waals surface area contributed by atoms with Crippen molar-refractivity contribution >= 4 is 33.2 Å². The van der Waals surface area contributed by atoms with Gasteiger partial charge in [0.15, 0.2) is 0 Å². The van der Waals surface area contributed by atoms with Gasteiger partial charge in [0.1, 0.15) is 0 Å². The summed E-state index contributed by atoms with van der Waals surface area (Å²) in [7, 11) is 0. The normalized spacial score (nSPS) is 10.4. The Morgan fingerprint density at radius 2 is 1.70 bits per heavy atom. The summed E-state index contributed by atoms with van der Waals surface area (Å²) in [6.45, 7) is 5.83. The molecule has 0 spiro atoms. The maximum Gasteiger partial charge on any atom is 0.256 e. The first-order valence-corrected chi connectivity index (χ1v) is 7.12. The quantitative estimate of drug-likeness (QED) is 0.809. The first kappa shape index (κ1) is 14.6. The molecular formula is C16H17BrN2O. The number of carbonyl (C=O) groups is 1. The number of hydrogen-bond donors (Lipinski definition) is 2. The highest BCUT2D eigenvalue weighted by atomic mass is 79.9. The topological polar surface area (TPSA) is 55.1 Å². The molecule has 0 bridgehead atoms. The van der Waals surface area contributed by atoms with Crippen molar-refractivity contribution in [3.63, 3.8) is 0 Å². The molecule has 0 saturated heterocycles. The number of rotatable bonds is 2. The van der Waals surface area contributed by atoms with E-state index in [-0.39, 0.29) is 5.91 Å². The molecule has 3 N–H and O–H groups in total. The summed E-state index contributed by atoms with van der Waals surface area (Å²) in [5, 5.41) is 2.97. The van der Waals surface area contributed by atoms with Gasteiger partial charge in [-0.15, -0.1) is 0 Å². The van der Waals surface area contributed by atoms with E-state index in [4.69, 9.17) is 5.73 Å². The highest BCUT2D eigenvalue weighted by molar-refractivity contribution is 9.10. The van der Waals surface area contributed by atoms with Crippen LogP contribution in [0.4, 0.5) is 11.4 Å². The van der Waals surface area contributed by atoms with E-state index in [9.17, 15) is 4.79 Å². The predicted octanol–water partition coefficient (Wildman–Crippen LogP) is 4.21. The van der Waals surface area contributed by atoms with Crippen molar-refractivity contribution in [2.75, 3.05) is 11.1 Å². The minimum Gasteiger partial charge on any atom is -0.399 e. The Bertz CT molecular complexity index is 657. The number of nitrogens with one attached hydrogen (secondary N) is 1. The van der Waals surface area contributed by atoms with Crippen molar-refractivity contribution in [1.82, 2.24) is 0 Å². The summed E-state index contributed by atoms with van der Waals surface area (Å²) < 4.78 is 0.822. The van der Waals surface area contributed by atoms with Gasteiger partial charge in [-0.1, -0.05) is 12.1 Å². The van der Waals surface area contributed by atoms with Crippen LogP contribution in [0, 0.1) is 20.8 Å². The monoisotopic (exact) mass is 332 g/mol. The van der Waals surface area contributed by atoms with Crippen molar-refractivity contribution in [3.8, 4) is 0 Å². The molecule has 0 fully saturated rings. The van der Waals surface area contributed by atoms with Gasteiger partial charge in [0, 0.05) is 15.8 Å². The average molecular weight is 333 g/mol. The van der Waals surface area contributed by atoms with Crippen LogP contribution >= 0.6 is 15.9 Å². The van der Waals surface area contributed by atoms with Crippen molar-refractivity contribution in [2.45, 2.75) is 20.8 Å². The zero-order valence-corrected chi connectivity index (χ0v) is 13.3. The first-order chi connectivity index (χ1) is 9.40. The Morgan fingerprint density at radius 1 is 1.10 bits per heavy atom. The van der Waals surface area contributed by atoms with Gasteiger partial charge in [0.2, 0.25) is 0 Å². The highest BCUT2D eigenvalue weighted by Gasteiger charge is 2.14. The standard InChI is InChI=1S/C16H17BrN2O/c1-9-5-4-6-13(14(9)17)16(20)19-15-10(2)7-12(18)8-11(15)3/h4-8H,18H2,1-3H3,(H,19,20). The first-order valence-electron chi connectivity index (χ1n) is 6.33. The number of hydrogen-bond acceptors (Lipinski definition) is 2. The van der Waals surface area contributed by atoms with Crippen LogP contribution in [0.1, 0.15) is 27.0 Å². The Hall–Kier alpha value is -1.81. The van der Waals surface area contributed by atoms with E-state index in [1.165, 1.54) is 0 Å². The van der Waals surface area contributed by atoms with Gasteiger partial charge in [0.05, 0.1) is 5.56 Å². The van der Waals surface area contributed by atoms with E-state index in [2.05, 4.69) is 21.2 Å². The maximum absolute atomic E-state index is 12.4. The lowest BCUT2D eigenvalue weighted by atomic mass is 10.1. The van der Waals surface area contributed by atoms with Gasteiger partial charge < -0.3 is 11.1 Å². The summed E-state index contributed by atoms with van der Waals surface area (Å²) >= 11 is 3.46. The molecule has 0 atom stereocenters. The fourth-order valence-corrected chi connectivity index (χ4v) is 2.64. The highest BCUT2D eigenvalue weighted by Crippen LogP contribution is 2.26. The summed E-state index contributed by atoms with van der Waals surface area (Å²) in [4.78, 5) is 12.4. The molecule has 20 heavy (non-hydrogen) atoms. The minimum atomic E-state index is -0.128. The number of nitrogens with two attached hydrogens (primary N) is 1. The molecule has 2 aromatic carbocycles. The molecule has 0 unspecified atom stereocenters. The number of aryl methyl sites for hydroxylation is 3. The van der Waals surface area contributed by atoms with Crippen LogP contribution in [0.25, 0.3) is 0 Å². The van der Waals surface area contributed by atoms with Gasteiger partial charge in [0.25, 0.3) is 5.91 Å². The number of anilines is 2. The number of amides is 1. The summed E-state index contributed by atoms with van der Waals surface area (Å²) in [6, 6.07) is 9.34. The number of nitrogen functional groups attached to an aromatic ring is 1. The largest absolute Gasteiger partial charge is 0.399 e. The number of halogens is 1. The van der Waals surface area contributed by atoms with Gasteiger partial charge >= 0.3 is 0 Å². The van der Waals surface area contributed by atoms with E-state index in [1.54, 1.807) is 6.07 Å². The van der Waals surface area contributed by atoms with Crippen LogP contribution in [-0.2, 0) is 0 Å². The fraction of sp³-hybridized carbons (Fsp3) is 0.188. The lowest BCUT2D eigenvalue weighted by Gasteiger charge is -2.14. The Kier molecular flexibility index (Phi) is 4.14. The van der Waals surface area contributed by atoms with E-state index in [1.807, 2.05) is 45.0 Å². The fourth-order valence-electron chi connectivity index (χ4n) is 2.20. The van der Waals surface area contributed by atoms with Crippen molar-refractivity contribution < 1.29 is 4.79 Å². The van der Waals surface area contributed by atoms with Crippen LogP contribution in [0.3, 0.4) is 0 Å². The minimum absolute atomic E-state index is 0.128. The molecule has 0 saturated carbocycles. The molecule has 104 valence electrons. The average Bonchev–Trinajstić information content (AvgIpc) is 2.36. The molecule has 4 heteroatoms. The van der Waals surface area contributed by atoms with E-state index >= 15 is 0 Å². The molecule has 0 heterocycles. The van der Waals surface area contributed by atoms with Gasteiger partial charge in [-0.25, -0.2) is 0 Å². The smallest absolute Gasteiger partial charge is 0.256 e. The van der Waals surface area contributed by atoms with Gasteiger partial charge in [-0.3, -0.25) is 4.79 Å². The van der Waals surface area contributed by atoms with Crippen LogP contribution in [-0.4, -0.2) is 5.91 Å². The maximum atomic E-state index is 12.4. The van der Waals surface area contributed by atoms with Gasteiger partial charge in [-0.05, 0) is 71.6 Å². The Labute approximate surface area is 127 Å². The molecule has 0 aliphatic carbocycles. The van der Waals surface area contributed by atoms with E-state index < -0.39 is 0 Å². The van der Waals surface area contributed by atoms with Crippen molar-refractivity contribution in [2.24, 2.45) is 0 Å². The van der Waals surface area contributed by atoms with E-state index in [0.717, 1.165) is 26.9 Å². The third-order valence-electron chi connectivity index (χ3n) is 3.23. The van der Waals surface area contributed by atoms with Crippen LogP contribution in [0.5, 0.6) is 0 Å². The second kappa shape index (κ2) is 5.67.